The van der Waals surface area contributed by atoms with Crippen LogP contribution in [0, 0.1) is 12.7 Å². The van der Waals surface area contributed by atoms with Crippen LogP contribution in [0.3, 0.4) is 0 Å². The first-order valence-electron chi connectivity index (χ1n) is 7.67. The second-order valence-electron chi connectivity index (χ2n) is 5.63. The van der Waals surface area contributed by atoms with Crippen molar-refractivity contribution in [2.45, 2.75) is 19.7 Å². The number of carbonyl (C=O) groups excluding carboxylic acids is 1. The van der Waals surface area contributed by atoms with E-state index in [1.54, 1.807) is 19.1 Å². The third kappa shape index (κ3) is 4.30. The number of alkyl halides is 3. The summed E-state index contributed by atoms with van der Waals surface area (Å²) in [6, 6.07) is 8.02. The predicted octanol–water partition coefficient (Wildman–Crippen LogP) is 4.56. The van der Waals surface area contributed by atoms with E-state index in [1.807, 2.05) is 0 Å². The van der Waals surface area contributed by atoms with Crippen LogP contribution in [0.5, 0.6) is 0 Å². The highest BCUT2D eigenvalue weighted by Gasteiger charge is 2.30. The molecule has 0 N–H and O–H groups in total. The zero-order valence-electron chi connectivity index (χ0n) is 13.9. The Morgan fingerprint density at radius 1 is 1.15 bits per heavy atom. The molecule has 0 fully saturated rings. The van der Waals surface area contributed by atoms with E-state index in [1.165, 1.54) is 6.07 Å². The van der Waals surface area contributed by atoms with Gasteiger partial charge in [-0.25, -0.2) is 9.18 Å². The van der Waals surface area contributed by atoms with Crippen LogP contribution in [-0.4, -0.2) is 16.1 Å². The van der Waals surface area contributed by atoms with Crippen LogP contribution in [-0.2, 0) is 17.5 Å². The van der Waals surface area contributed by atoms with Gasteiger partial charge in [0.15, 0.2) is 6.61 Å². The molecule has 0 atom stereocenters. The lowest BCUT2D eigenvalue weighted by Gasteiger charge is -2.07. The summed E-state index contributed by atoms with van der Waals surface area (Å²) in [6.45, 7) is 1.24. The number of hydrogen-bond acceptors (Lipinski definition) is 5. The molecule has 27 heavy (non-hydrogen) atoms. The summed E-state index contributed by atoms with van der Waals surface area (Å²) in [5, 5.41) is 3.68. The number of aromatic nitrogens is 2. The number of rotatable bonds is 4. The Hall–Kier alpha value is -3.23. The van der Waals surface area contributed by atoms with Crippen molar-refractivity contribution in [2.24, 2.45) is 0 Å². The Morgan fingerprint density at radius 2 is 1.85 bits per heavy atom. The molecule has 0 aliphatic carbocycles. The molecule has 5 nitrogen and oxygen atoms in total. The van der Waals surface area contributed by atoms with Gasteiger partial charge in [-0.15, -0.1) is 0 Å². The zero-order chi connectivity index (χ0) is 19.6. The molecule has 0 bridgehead atoms. The van der Waals surface area contributed by atoms with Gasteiger partial charge < -0.3 is 9.26 Å². The fourth-order valence-corrected chi connectivity index (χ4v) is 2.17. The molecule has 0 amide bonds. The molecule has 0 aliphatic rings. The second-order valence-corrected chi connectivity index (χ2v) is 5.63. The van der Waals surface area contributed by atoms with Crippen LogP contribution >= 0.6 is 0 Å². The number of carbonyl (C=O) groups is 1. The highest BCUT2D eigenvalue weighted by Crippen LogP contribution is 2.29. The van der Waals surface area contributed by atoms with Crippen LogP contribution in [0.2, 0.25) is 0 Å². The van der Waals surface area contributed by atoms with Crippen LogP contribution in [0.25, 0.3) is 11.4 Å². The third-order valence-corrected chi connectivity index (χ3v) is 3.67. The Labute approximate surface area is 150 Å². The van der Waals surface area contributed by atoms with Gasteiger partial charge in [-0.3, -0.25) is 0 Å². The maximum atomic E-state index is 13.6. The van der Waals surface area contributed by atoms with Gasteiger partial charge in [0, 0.05) is 5.56 Å². The number of aryl methyl sites for hydroxylation is 1. The molecule has 0 unspecified atom stereocenters. The second kappa shape index (κ2) is 7.18. The van der Waals surface area contributed by atoms with Crippen LogP contribution in [0.15, 0.2) is 47.0 Å². The van der Waals surface area contributed by atoms with Crippen molar-refractivity contribution in [3.05, 3.63) is 70.9 Å². The minimum atomic E-state index is -4.49. The summed E-state index contributed by atoms with van der Waals surface area (Å²) >= 11 is 0. The van der Waals surface area contributed by atoms with Gasteiger partial charge in [-0.1, -0.05) is 17.3 Å². The van der Waals surface area contributed by atoms with Crippen molar-refractivity contribution in [3.8, 4) is 11.4 Å². The highest BCUT2D eigenvalue weighted by atomic mass is 19.4. The molecule has 3 aromatic rings. The third-order valence-electron chi connectivity index (χ3n) is 3.67. The molecule has 1 aromatic heterocycles. The molecule has 0 saturated heterocycles. The summed E-state index contributed by atoms with van der Waals surface area (Å²) in [6.07, 6.45) is -4.49. The van der Waals surface area contributed by atoms with Gasteiger partial charge in [0.25, 0.3) is 5.89 Å². The number of benzene rings is 2. The summed E-state index contributed by atoms with van der Waals surface area (Å²) < 4.78 is 61.0. The van der Waals surface area contributed by atoms with E-state index in [9.17, 15) is 22.4 Å². The molecule has 140 valence electrons. The molecule has 3 rings (SSSR count). The minimum Gasteiger partial charge on any atom is -0.452 e. The van der Waals surface area contributed by atoms with Gasteiger partial charge in [0.1, 0.15) is 5.82 Å². The Morgan fingerprint density at radius 3 is 2.48 bits per heavy atom. The van der Waals surface area contributed by atoms with Crippen molar-refractivity contribution < 1.29 is 31.6 Å². The molecule has 2 aromatic carbocycles. The fourth-order valence-electron chi connectivity index (χ4n) is 2.17. The number of nitrogens with zero attached hydrogens (tertiary/aromatic N) is 2. The summed E-state index contributed by atoms with van der Waals surface area (Å²) in [5.41, 5.74) is -0.0654. The Balaban J connectivity index is 1.64. The molecule has 0 spiro atoms. The Bertz CT molecular complexity index is 965. The molecular weight excluding hydrogens is 368 g/mol. The van der Waals surface area contributed by atoms with E-state index in [-0.39, 0.29) is 23.9 Å². The molecule has 0 radical (unpaired) electrons. The normalized spacial score (nSPS) is 11.4. The van der Waals surface area contributed by atoms with Gasteiger partial charge >= 0.3 is 12.1 Å². The predicted molar refractivity (Wildman–Crippen MR) is 85.0 cm³/mol. The van der Waals surface area contributed by atoms with Crippen molar-refractivity contribution in [2.75, 3.05) is 0 Å². The number of halogens is 4. The van der Waals surface area contributed by atoms with Gasteiger partial charge in [-0.05, 0) is 42.8 Å². The van der Waals surface area contributed by atoms with E-state index in [0.29, 0.717) is 11.1 Å². The van der Waals surface area contributed by atoms with Crippen molar-refractivity contribution in [1.29, 1.82) is 0 Å². The smallest absolute Gasteiger partial charge is 0.416 e. The van der Waals surface area contributed by atoms with E-state index < -0.39 is 23.5 Å². The summed E-state index contributed by atoms with van der Waals surface area (Å²) in [4.78, 5) is 15.9. The molecular formula is C18H12F4N2O3. The molecule has 9 heteroatoms. The Kier molecular flexibility index (Phi) is 4.93. The zero-order valence-corrected chi connectivity index (χ0v) is 13.9. The van der Waals surface area contributed by atoms with Gasteiger partial charge in [-0.2, -0.15) is 18.2 Å². The van der Waals surface area contributed by atoms with Crippen LogP contribution in [0.4, 0.5) is 17.6 Å². The average Bonchev–Trinajstić information content (AvgIpc) is 3.10. The topological polar surface area (TPSA) is 65.2 Å². The largest absolute Gasteiger partial charge is 0.452 e. The number of esters is 1. The monoisotopic (exact) mass is 380 g/mol. The van der Waals surface area contributed by atoms with Crippen LogP contribution < -0.4 is 0 Å². The lowest BCUT2D eigenvalue weighted by molar-refractivity contribution is -0.137. The lowest BCUT2D eigenvalue weighted by Crippen LogP contribution is -2.08. The maximum Gasteiger partial charge on any atom is 0.416 e. The fraction of sp³-hybridized carbons (Fsp3) is 0.167. The SMILES string of the molecule is Cc1ccc(-c2noc(COC(=O)c3ccc(C(F)(F)F)cc3)n2)cc1F. The highest BCUT2D eigenvalue weighted by molar-refractivity contribution is 5.89. The summed E-state index contributed by atoms with van der Waals surface area (Å²) in [5.74, 6) is -1.18. The van der Waals surface area contributed by atoms with E-state index in [2.05, 4.69) is 10.1 Å². The molecule has 1 heterocycles. The first-order valence-corrected chi connectivity index (χ1v) is 7.67. The summed E-state index contributed by atoms with van der Waals surface area (Å²) in [7, 11) is 0. The van der Waals surface area contributed by atoms with E-state index >= 15 is 0 Å². The first-order chi connectivity index (χ1) is 12.7. The lowest BCUT2D eigenvalue weighted by atomic mass is 10.1. The number of hydrogen-bond donors (Lipinski definition) is 0. The van der Waals surface area contributed by atoms with Gasteiger partial charge in [0.2, 0.25) is 5.82 Å². The van der Waals surface area contributed by atoms with Gasteiger partial charge in [0.05, 0.1) is 11.1 Å². The molecule has 0 saturated carbocycles. The maximum absolute atomic E-state index is 13.6. The standard InChI is InChI=1S/C18H12F4N2O3/c1-10-2-3-12(8-14(10)19)16-23-15(27-24-16)9-26-17(25)11-4-6-13(7-5-11)18(20,21)22/h2-8H,9H2,1H3. The van der Waals surface area contributed by atoms with E-state index in [0.717, 1.165) is 24.3 Å². The van der Waals surface area contributed by atoms with E-state index in [4.69, 9.17) is 9.26 Å². The number of ether oxygens (including phenoxy) is 1. The molecule has 0 aliphatic heterocycles. The first kappa shape index (κ1) is 18.6. The van der Waals surface area contributed by atoms with Crippen molar-refractivity contribution in [1.82, 2.24) is 10.1 Å². The quantitative estimate of drug-likeness (QED) is 0.490. The van der Waals surface area contributed by atoms with Crippen molar-refractivity contribution in [3.63, 3.8) is 0 Å². The van der Waals surface area contributed by atoms with Crippen molar-refractivity contribution >= 4 is 5.97 Å². The average molecular weight is 380 g/mol. The minimum absolute atomic E-state index is 0.0359. The van der Waals surface area contributed by atoms with Crippen LogP contribution in [0.1, 0.15) is 27.4 Å².